The van der Waals surface area contributed by atoms with E-state index in [1.54, 1.807) is 13.0 Å². The van der Waals surface area contributed by atoms with Gasteiger partial charge < -0.3 is 10.6 Å². The molecule has 4 nitrogen and oxygen atoms in total. The number of hydrogen-bond donors (Lipinski definition) is 1. The Morgan fingerprint density at radius 2 is 2.21 bits per heavy atom. The molecule has 0 radical (unpaired) electrons. The maximum Gasteiger partial charge on any atom is 0.471 e. The minimum absolute atomic E-state index is 0.0204. The second-order valence-corrected chi connectivity index (χ2v) is 4.70. The largest absolute Gasteiger partial charge is 0.471 e. The summed E-state index contributed by atoms with van der Waals surface area (Å²) in [5.74, 6) is -2.01. The highest BCUT2D eigenvalue weighted by Crippen LogP contribution is 2.28. The number of halogens is 3. The molecule has 2 heterocycles. The molecule has 1 aromatic rings. The molecule has 7 heteroatoms. The van der Waals surface area contributed by atoms with Gasteiger partial charge in [0.15, 0.2) is 0 Å². The molecule has 1 unspecified atom stereocenters. The second kappa shape index (κ2) is 4.71. The fourth-order valence-electron chi connectivity index (χ4n) is 2.29. The van der Waals surface area contributed by atoms with Crippen molar-refractivity contribution in [2.75, 3.05) is 18.8 Å². The number of amides is 1. The summed E-state index contributed by atoms with van der Waals surface area (Å²) < 4.78 is 37.4. The lowest BCUT2D eigenvalue weighted by molar-refractivity contribution is -0.185. The van der Waals surface area contributed by atoms with Gasteiger partial charge >= 0.3 is 12.1 Å². The Kier molecular flexibility index (Phi) is 3.38. The lowest BCUT2D eigenvalue weighted by atomic mass is 9.99. The van der Waals surface area contributed by atoms with Crippen LogP contribution in [0.3, 0.4) is 0 Å². The average molecular weight is 273 g/mol. The molecule has 104 valence electrons. The van der Waals surface area contributed by atoms with Crippen LogP contribution in [0.15, 0.2) is 12.3 Å². The highest BCUT2D eigenvalue weighted by atomic mass is 19.4. The van der Waals surface area contributed by atoms with Crippen molar-refractivity contribution in [1.82, 2.24) is 9.88 Å². The lowest BCUT2D eigenvalue weighted by Crippen LogP contribution is -2.42. The smallest absolute Gasteiger partial charge is 0.397 e. The first kappa shape index (κ1) is 13.6. The van der Waals surface area contributed by atoms with E-state index in [1.165, 1.54) is 6.20 Å². The van der Waals surface area contributed by atoms with E-state index in [1.807, 2.05) is 0 Å². The van der Waals surface area contributed by atoms with Crippen molar-refractivity contribution in [3.05, 3.63) is 23.5 Å². The molecule has 0 aromatic carbocycles. The Hall–Kier alpha value is -1.79. The van der Waals surface area contributed by atoms with Gasteiger partial charge in [-0.2, -0.15) is 13.2 Å². The van der Waals surface area contributed by atoms with Gasteiger partial charge in [0.05, 0.1) is 11.9 Å². The Morgan fingerprint density at radius 3 is 2.84 bits per heavy atom. The Balaban J connectivity index is 2.25. The van der Waals surface area contributed by atoms with Crippen LogP contribution in [0, 0.1) is 0 Å². The topological polar surface area (TPSA) is 59.2 Å². The number of carbonyl (C=O) groups excluding carboxylic acids is 1. The van der Waals surface area contributed by atoms with E-state index in [4.69, 9.17) is 5.73 Å². The Morgan fingerprint density at radius 1 is 1.53 bits per heavy atom. The molecule has 1 atom stereocenters. The van der Waals surface area contributed by atoms with Gasteiger partial charge in [-0.25, -0.2) is 0 Å². The maximum atomic E-state index is 12.5. The fourth-order valence-corrected chi connectivity index (χ4v) is 2.29. The van der Waals surface area contributed by atoms with Crippen LogP contribution in [0.25, 0.3) is 0 Å². The summed E-state index contributed by atoms with van der Waals surface area (Å²) in [4.78, 5) is 16.3. The normalized spacial score (nSPS) is 19.8. The Labute approximate surface area is 108 Å². The van der Waals surface area contributed by atoms with Gasteiger partial charge in [-0.15, -0.1) is 0 Å². The van der Waals surface area contributed by atoms with Crippen LogP contribution in [-0.4, -0.2) is 35.1 Å². The third kappa shape index (κ3) is 2.80. The fraction of sp³-hybridized carbons (Fsp3) is 0.500. The van der Waals surface area contributed by atoms with E-state index in [0.717, 1.165) is 10.5 Å². The molecule has 0 spiro atoms. The zero-order chi connectivity index (χ0) is 14.2. The van der Waals surface area contributed by atoms with Gasteiger partial charge in [0.2, 0.25) is 0 Å². The number of anilines is 1. The number of pyridine rings is 1. The van der Waals surface area contributed by atoms with Crippen molar-refractivity contribution in [2.45, 2.75) is 25.4 Å². The van der Waals surface area contributed by atoms with Gasteiger partial charge in [0.1, 0.15) is 0 Å². The zero-order valence-electron chi connectivity index (χ0n) is 10.4. The van der Waals surface area contributed by atoms with E-state index >= 15 is 0 Å². The van der Waals surface area contributed by atoms with Crippen LogP contribution in [-0.2, 0) is 11.2 Å². The first-order valence-corrected chi connectivity index (χ1v) is 5.89. The highest BCUT2D eigenvalue weighted by Gasteiger charge is 2.43. The second-order valence-electron chi connectivity index (χ2n) is 4.70. The van der Waals surface area contributed by atoms with Crippen molar-refractivity contribution >= 4 is 11.6 Å². The summed E-state index contributed by atoms with van der Waals surface area (Å²) in [6.07, 6.45) is -3.04. The number of rotatable bonds is 0. The number of fused-ring (bicyclic) bond motifs is 1. The minimum Gasteiger partial charge on any atom is -0.397 e. The van der Waals surface area contributed by atoms with Crippen molar-refractivity contribution in [3.63, 3.8) is 0 Å². The van der Waals surface area contributed by atoms with Crippen LogP contribution in [0.5, 0.6) is 0 Å². The molecule has 0 saturated carbocycles. The third-order valence-electron chi connectivity index (χ3n) is 3.20. The van der Waals surface area contributed by atoms with Gasteiger partial charge in [-0.1, -0.05) is 6.92 Å². The standard InChI is InChI=1S/C12H14F3N3O/c1-7-6-18(11(19)12(13,14)15)3-2-10-9(7)4-8(16)5-17-10/h4-5,7H,2-3,6,16H2,1H3. The van der Waals surface area contributed by atoms with Gasteiger partial charge in [0, 0.05) is 31.1 Å². The van der Waals surface area contributed by atoms with Crippen LogP contribution >= 0.6 is 0 Å². The predicted octanol–water partition coefficient (Wildman–Crippen LogP) is 1.71. The predicted molar refractivity (Wildman–Crippen MR) is 63.4 cm³/mol. The molecule has 0 fully saturated rings. The molecular formula is C12H14F3N3O. The number of carbonyl (C=O) groups is 1. The molecule has 19 heavy (non-hydrogen) atoms. The van der Waals surface area contributed by atoms with Gasteiger partial charge in [-0.05, 0) is 11.6 Å². The summed E-state index contributed by atoms with van der Waals surface area (Å²) in [6.45, 7) is 1.81. The maximum absolute atomic E-state index is 12.5. The van der Waals surface area contributed by atoms with E-state index in [9.17, 15) is 18.0 Å². The van der Waals surface area contributed by atoms with E-state index < -0.39 is 12.1 Å². The molecule has 1 aliphatic heterocycles. The summed E-state index contributed by atoms with van der Waals surface area (Å²) in [7, 11) is 0. The quantitative estimate of drug-likeness (QED) is 0.783. The molecule has 1 aromatic heterocycles. The first-order valence-electron chi connectivity index (χ1n) is 5.89. The number of alkyl halides is 3. The highest BCUT2D eigenvalue weighted by molar-refractivity contribution is 5.82. The molecule has 2 rings (SSSR count). The van der Waals surface area contributed by atoms with Gasteiger partial charge in [0.25, 0.3) is 0 Å². The van der Waals surface area contributed by atoms with Crippen molar-refractivity contribution < 1.29 is 18.0 Å². The van der Waals surface area contributed by atoms with Crippen molar-refractivity contribution in [1.29, 1.82) is 0 Å². The summed E-state index contributed by atoms with van der Waals surface area (Å²) >= 11 is 0. The van der Waals surface area contributed by atoms with Crippen molar-refractivity contribution in [2.24, 2.45) is 0 Å². The van der Waals surface area contributed by atoms with Crippen LogP contribution < -0.4 is 5.73 Å². The summed E-state index contributed by atoms with van der Waals surface area (Å²) in [5.41, 5.74) is 7.63. The van der Waals surface area contributed by atoms with Crippen molar-refractivity contribution in [3.8, 4) is 0 Å². The zero-order valence-corrected chi connectivity index (χ0v) is 10.4. The molecule has 1 aliphatic rings. The Bertz CT molecular complexity index is 501. The number of nitrogens with two attached hydrogens (primary N) is 1. The van der Waals surface area contributed by atoms with E-state index in [2.05, 4.69) is 4.98 Å². The van der Waals surface area contributed by atoms with E-state index in [0.29, 0.717) is 17.8 Å². The number of nitrogens with zero attached hydrogens (tertiary/aromatic N) is 2. The average Bonchev–Trinajstić information content (AvgIpc) is 2.47. The number of aromatic nitrogens is 1. The first-order chi connectivity index (χ1) is 8.79. The third-order valence-corrected chi connectivity index (χ3v) is 3.20. The molecule has 0 bridgehead atoms. The van der Waals surface area contributed by atoms with Crippen LogP contribution in [0.4, 0.5) is 18.9 Å². The van der Waals surface area contributed by atoms with E-state index in [-0.39, 0.29) is 19.0 Å². The van der Waals surface area contributed by atoms with Crippen LogP contribution in [0.2, 0.25) is 0 Å². The molecule has 2 N–H and O–H groups in total. The molecular weight excluding hydrogens is 259 g/mol. The molecule has 1 amide bonds. The number of nitrogen functional groups attached to an aromatic ring is 1. The molecule has 0 saturated heterocycles. The molecule has 0 aliphatic carbocycles. The van der Waals surface area contributed by atoms with Gasteiger partial charge in [-0.3, -0.25) is 9.78 Å². The summed E-state index contributed by atoms with van der Waals surface area (Å²) in [5, 5.41) is 0. The SMILES string of the molecule is CC1CN(C(=O)C(F)(F)F)CCc2ncc(N)cc21. The number of hydrogen-bond acceptors (Lipinski definition) is 3. The summed E-state index contributed by atoms with van der Waals surface area (Å²) in [6, 6.07) is 1.72. The van der Waals surface area contributed by atoms with Crippen LogP contribution in [0.1, 0.15) is 24.1 Å². The minimum atomic E-state index is -4.83. The lowest BCUT2D eigenvalue weighted by Gasteiger charge is -2.23. The monoisotopic (exact) mass is 273 g/mol.